The predicted molar refractivity (Wildman–Crippen MR) is 90.9 cm³/mol. The third-order valence-corrected chi connectivity index (χ3v) is 3.96. The van der Waals surface area contributed by atoms with Crippen molar-refractivity contribution >= 4 is 5.65 Å². The minimum Gasteiger partial charge on any atom is -0.493 e. The van der Waals surface area contributed by atoms with Crippen LogP contribution in [0.4, 0.5) is 0 Å². The van der Waals surface area contributed by atoms with E-state index < -0.39 is 0 Å². The van der Waals surface area contributed by atoms with E-state index in [1.54, 1.807) is 24.5 Å². The summed E-state index contributed by atoms with van der Waals surface area (Å²) in [6, 6.07) is 12.7. The maximum Gasteiger partial charge on any atom is 0.262 e. The highest BCUT2D eigenvalue weighted by atomic mass is 16.3. The molecule has 0 amide bonds. The Balaban J connectivity index is 2.05. The lowest BCUT2D eigenvalue weighted by Gasteiger charge is -2.06. The van der Waals surface area contributed by atoms with Crippen molar-refractivity contribution in [3.8, 4) is 28.1 Å². The first kappa shape index (κ1) is 14.2. The van der Waals surface area contributed by atoms with Crippen LogP contribution in [0.25, 0.3) is 27.9 Å². The summed E-state index contributed by atoms with van der Waals surface area (Å²) in [5.74, 6) is -0.182. The molecule has 2 N–H and O–H groups in total. The van der Waals surface area contributed by atoms with Crippen molar-refractivity contribution in [3.63, 3.8) is 0 Å². The van der Waals surface area contributed by atoms with E-state index in [2.05, 4.69) is 15.1 Å². The van der Waals surface area contributed by atoms with Crippen molar-refractivity contribution in [2.75, 3.05) is 0 Å². The molecule has 0 aliphatic heterocycles. The summed E-state index contributed by atoms with van der Waals surface area (Å²) in [6.07, 6.45) is 3.38. The number of nitrogens with one attached hydrogen (secondary N) is 1. The van der Waals surface area contributed by atoms with Crippen LogP contribution < -0.4 is 5.56 Å². The van der Waals surface area contributed by atoms with Crippen molar-refractivity contribution in [2.45, 2.75) is 6.92 Å². The maximum atomic E-state index is 12.6. The van der Waals surface area contributed by atoms with Gasteiger partial charge in [0.05, 0.1) is 5.69 Å². The fourth-order valence-electron chi connectivity index (χ4n) is 2.89. The number of aromatic amines is 1. The van der Waals surface area contributed by atoms with Crippen LogP contribution >= 0.6 is 0 Å². The van der Waals surface area contributed by atoms with Gasteiger partial charge in [-0.1, -0.05) is 36.4 Å². The SMILES string of the molecule is Cc1nn2c(O)c(-c3ccccc3)c(=O)[nH]c2c1-c1cccnc1. The zero-order valence-corrected chi connectivity index (χ0v) is 12.9. The number of pyridine rings is 1. The van der Waals surface area contributed by atoms with Crippen LogP contribution in [0.5, 0.6) is 5.88 Å². The van der Waals surface area contributed by atoms with Crippen LogP contribution in [0.2, 0.25) is 0 Å². The van der Waals surface area contributed by atoms with Crippen LogP contribution in [0, 0.1) is 6.92 Å². The predicted octanol–water partition coefficient (Wildman–Crippen LogP) is 2.77. The van der Waals surface area contributed by atoms with E-state index in [4.69, 9.17) is 0 Å². The van der Waals surface area contributed by atoms with Crippen LogP contribution in [-0.2, 0) is 0 Å². The van der Waals surface area contributed by atoms with Crippen molar-refractivity contribution < 1.29 is 5.11 Å². The molecule has 0 aliphatic rings. The van der Waals surface area contributed by atoms with Gasteiger partial charge in [-0.25, -0.2) is 0 Å². The van der Waals surface area contributed by atoms with Crippen LogP contribution in [0.15, 0.2) is 59.7 Å². The minimum atomic E-state index is -0.365. The highest BCUT2D eigenvalue weighted by Crippen LogP contribution is 2.31. The number of aryl methyl sites for hydroxylation is 1. The number of aromatic nitrogens is 4. The highest BCUT2D eigenvalue weighted by molar-refractivity contribution is 5.81. The van der Waals surface area contributed by atoms with E-state index in [0.717, 1.165) is 11.1 Å². The summed E-state index contributed by atoms with van der Waals surface area (Å²) in [7, 11) is 0. The molecule has 4 rings (SSSR count). The molecular weight excluding hydrogens is 304 g/mol. The summed E-state index contributed by atoms with van der Waals surface area (Å²) < 4.78 is 1.36. The topological polar surface area (TPSA) is 83.3 Å². The van der Waals surface area contributed by atoms with E-state index in [0.29, 0.717) is 16.9 Å². The third-order valence-electron chi connectivity index (χ3n) is 3.96. The van der Waals surface area contributed by atoms with Gasteiger partial charge in [0.25, 0.3) is 5.56 Å². The fraction of sp³-hybridized carbons (Fsp3) is 0.0556. The molecule has 3 heterocycles. The summed E-state index contributed by atoms with van der Waals surface area (Å²) in [6.45, 7) is 1.83. The molecule has 3 aromatic heterocycles. The van der Waals surface area contributed by atoms with Crippen LogP contribution in [0.1, 0.15) is 5.69 Å². The molecule has 0 aliphatic carbocycles. The first-order chi connectivity index (χ1) is 11.7. The molecule has 118 valence electrons. The van der Waals surface area contributed by atoms with Crippen LogP contribution in [0.3, 0.4) is 0 Å². The zero-order valence-electron chi connectivity index (χ0n) is 12.9. The van der Waals surface area contributed by atoms with Gasteiger partial charge in [-0.3, -0.25) is 9.78 Å². The molecule has 0 unspecified atom stereocenters. The first-order valence-electron chi connectivity index (χ1n) is 7.47. The van der Waals surface area contributed by atoms with E-state index in [9.17, 15) is 9.90 Å². The van der Waals surface area contributed by atoms with Gasteiger partial charge in [0.15, 0.2) is 0 Å². The number of nitrogens with zero attached hydrogens (tertiary/aromatic N) is 3. The zero-order chi connectivity index (χ0) is 16.7. The van der Waals surface area contributed by atoms with E-state index in [1.165, 1.54) is 4.52 Å². The van der Waals surface area contributed by atoms with E-state index in [1.807, 2.05) is 37.3 Å². The first-order valence-corrected chi connectivity index (χ1v) is 7.47. The number of H-pyrrole nitrogens is 1. The molecule has 6 nitrogen and oxygen atoms in total. The Kier molecular flexibility index (Phi) is 3.16. The summed E-state index contributed by atoms with van der Waals surface area (Å²) >= 11 is 0. The molecule has 1 aromatic carbocycles. The van der Waals surface area contributed by atoms with Crippen LogP contribution in [-0.4, -0.2) is 24.7 Å². The smallest absolute Gasteiger partial charge is 0.262 e. The Hall–Kier alpha value is -3.41. The lowest BCUT2D eigenvalue weighted by Crippen LogP contribution is -2.12. The molecule has 0 saturated carbocycles. The minimum absolute atomic E-state index is 0.182. The standard InChI is InChI=1S/C18H14N4O2/c1-11-14(13-8-5-9-19-10-13)16-20-17(23)15(18(24)22(16)21-11)12-6-3-2-4-7-12/h2-10,24H,1H3,(H,20,23). The second-order valence-electron chi connectivity index (χ2n) is 5.48. The largest absolute Gasteiger partial charge is 0.493 e. The second kappa shape index (κ2) is 5.34. The summed E-state index contributed by atoms with van der Waals surface area (Å²) in [5.41, 5.74) is 3.18. The molecule has 0 radical (unpaired) electrons. The number of fused-ring (bicyclic) bond motifs is 1. The van der Waals surface area contributed by atoms with Gasteiger partial charge in [0.2, 0.25) is 5.88 Å². The molecule has 0 fully saturated rings. The molecule has 0 saturated heterocycles. The lowest BCUT2D eigenvalue weighted by molar-refractivity contribution is 0.436. The Morgan fingerprint density at radius 2 is 1.79 bits per heavy atom. The Morgan fingerprint density at radius 3 is 2.50 bits per heavy atom. The van der Waals surface area contributed by atoms with Gasteiger partial charge in [-0.2, -0.15) is 9.61 Å². The number of rotatable bonds is 2. The van der Waals surface area contributed by atoms with Gasteiger partial charge in [-0.05, 0) is 18.6 Å². The molecule has 4 aromatic rings. The Labute approximate surface area is 137 Å². The average Bonchev–Trinajstić information content (AvgIpc) is 2.93. The van der Waals surface area contributed by atoms with Crippen molar-refractivity contribution in [2.24, 2.45) is 0 Å². The van der Waals surface area contributed by atoms with Gasteiger partial charge < -0.3 is 10.1 Å². The normalized spacial score (nSPS) is 11.0. The molecule has 6 heteroatoms. The number of aromatic hydroxyl groups is 1. The quantitative estimate of drug-likeness (QED) is 0.595. The average molecular weight is 318 g/mol. The van der Waals surface area contributed by atoms with Gasteiger partial charge in [-0.15, -0.1) is 0 Å². The van der Waals surface area contributed by atoms with Gasteiger partial charge in [0.1, 0.15) is 11.2 Å². The molecule has 24 heavy (non-hydrogen) atoms. The summed E-state index contributed by atoms with van der Waals surface area (Å²) in [5, 5.41) is 15.0. The Bertz CT molecular complexity index is 1080. The maximum absolute atomic E-state index is 12.6. The third kappa shape index (κ3) is 2.08. The van der Waals surface area contributed by atoms with E-state index in [-0.39, 0.29) is 17.0 Å². The Morgan fingerprint density at radius 1 is 1.04 bits per heavy atom. The summed E-state index contributed by atoms with van der Waals surface area (Å²) in [4.78, 5) is 19.5. The van der Waals surface area contributed by atoms with Crippen molar-refractivity contribution in [1.29, 1.82) is 0 Å². The van der Waals surface area contributed by atoms with Gasteiger partial charge >= 0.3 is 0 Å². The van der Waals surface area contributed by atoms with Gasteiger partial charge in [0, 0.05) is 23.5 Å². The molecular formula is C18H14N4O2. The molecule has 0 spiro atoms. The number of benzene rings is 1. The van der Waals surface area contributed by atoms with Crippen molar-refractivity contribution in [1.82, 2.24) is 19.6 Å². The molecule has 0 atom stereocenters. The second-order valence-corrected chi connectivity index (χ2v) is 5.48. The monoisotopic (exact) mass is 318 g/mol. The highest BCUT2D eigenvalue weighted by Gasteiger charge is 2.20. The number of hydrogen-bond acceptors (Lipinski definition) is 4. The van der Waals surface area contributed by atoms with Crippen molar-refractivity contribution in [3.05, 3.63) is 70.9 Å². The lowest BCUT2D eigenvalue weighted by atomic mass is 10.1. The number of hydrogen-bond donors (Lipinski definition) is 2. The fourth-order valence-corrected chi connectivity index (χ4v) is 2.89. The van der Waals surface area contributed by atoms with E-state index >= 15 is 0 Å². The molecule has 0 bridgehead atoms.